The van der Waals surface area contributed by atoms with E-state index in [-0.39, 0.29) is 0 Å². The fourth-order valence-corrected chi connectivity index (χ4v) is 1.87. The molecule has 0 amide bonds. The van der Waals surface area contributed by atoms with Gasteiger partial charge in [0.25, 0.3) is 0 Å². The van der Waals surface area contributed by atoms with Crippen LogP contribution in [0.3, 0.4) is 0 Å². The molecule has 0 unspecified atom stereocenters. The van der Waals surface area contributed by atoms with Gasteiger partial charge in [-0.15, -0.1) is 0 Å². The first-order chi connectivity index (χ1) is 9.83. The van der Waals surface area contributed by atoms with Crippen LogP contribution in [0.25, 0.3) is 11.8 Å². The molecular formula is C17H18N2O. The molecule has 0 aliphatic carbocycles. The highest BCUT2D eigenvalue weighted by atomic mass is 16.5. The van der Waals surface area contributed by atoms with Crippen LogP contribution in [0.1, 0.15) is 18.1 Å². The van der Waals surface area contributed by atoms with E-state index in [4.69, 9.17) is 10.5 Å². The van der Waals surface area contributed by atoms with Crippen LogP contribution < -0.4 is 10.5 Å². The second-order valence-electron chi connectivity index (χ2n) is 4.18. The Bertz CT molecular complexity index is 586. The van der Waals surface area contributed by atoms with Crippen molar-refractivity contribution in [2.45, 2.75) is 6.92 Å². The number of hydrogen-bond donors (Lipinski definition) is 1. The molecule has 0 spiro atoms. The topological polar surface area (TPSA) is 47.6 Å². The molecule has 0 saturated carbocycles. The fraction of sp³-hybridized carbons (Fsp3) is 0.118. The standard InChI is InChI=1S/C17H18N2O/c1-2-20-16-10-8-15(9-11-16)17(19-13-18)12-14-6-4-3-5-7-14/h3-13H,2H2,1H3,(H2,18,19)/b17-12+. The average Bonchev–Trinajstić information content (AvgIpc) is 2.49. The number of rotatable bonds is 5. The molecule has 0 aliphatic heterocycles. The van der Waals surface area contributed by atoms with Gasteiger partial charge >= 0.3 is 0 Å². The normalized spacial score (nSPS) is 11.8. The van der Waals surface area contributed by atoms with Crippen molar-refractivity contribution >= 4 is 18.1 Å². The smallest absolute Gasteiger partial charge is 0.119 e. The summed E-state index contributed by atoms with van der Waals surface area (Å²) in [7, 11) is 0. The average molecular weight is 266 g/mol. The summed E-state index contributed by atoms with van der Waals surface area (Å²) >= 11 is 0. The number of nitrogens with zero attached hydrogens (tertiary/aromatic N) is 1. The molecule has 3 nitrogen and oxygen atoms in total. The van der Waals surface area contributed by atoms with Crippen LogP contribution in [0.15, 0.2) is 59.6 Å². The molecule has 102 valence electrons. The van der Waals surface area contributed by atoms with E-state index < -0.39 is 0 Å². The van der Waals surface area contributed by atoms with Gasteiger partial charge in [0.1, 0.15) is 5.75 Å². The van der Waals surface area contributed by atoms with Crippen molar-refractivity contribution in [3.8, 4) is 5.75 Å². The third kappa shape index (κ3) is 3.72. The van der Waals surface area contributed by atoms with Crippen LogP contribution >= 0.6 is 0 Å². The summed E-state index contributed by atoms with van der Waals surface area (Å²) in [5, 5.41) is 0. The van der Waals surface area contributed by atoms with E-state index in [1.165, 1.54) is 6.34 Å². The molecule has 3 heteroatoms. The van der Waals surface area contributed by atoms with E-state index in [0.29, 0.717) is 6.61 Å². The first-order valence-electron chi connectivity index (χ1n) is 6.57. The molecule has 0 aliphatic rings. The minimum Gasteiger partial charge on any atom is -0.494 e. The van der Waals surface area contributed by atoms with Gasteiger partial charge in [0.05, 0.1) is 18.6 Å². The van der Waals surface area contributed by atoms with Crippen molar-refractivity contribution in [1.29, 1.82) is 0 Å². The Labute approximate surface area is 119 Å². The zero-order valence-corrected chi connectivity index (χ0v) is 11.5. The van der Waals surface area contributed by atoms with Gasteiger partial charge in [-0.1, -0.05) is 30.3 Å². The van der Waals surface area contributed by atoms with E-state index in [0.717, 1.165) is 22.6 Å². The van der Waals surface area contributed by atoms with E-state index in [2.05, 4.69) is 4.99 Å². The summed E-state index contributed by atoms with van der Waals surface area (Å²) in [6.45, 7) is 2.63. The molecule has 2 aromatic carbocycles. The summed E-state index contributed by atoms with van der Waals surface area (Å²) < 4.78 is 5.44. The number of ether oxygens (including phenoxy) is 1. The van der Waals surface area contributed by atoms with Crippen molar-refractivity contribution in [2.75, 3.05) is 6.61 Å². The van der Waals surface area contributed by atoms with Crippen molar-refractivity contribution in [1.82, 2.24) is 0 Å². The number of hydrogen-bond acceptors (Lipinski definition) is 2. The lowest BCUT2D eigenvalue weighted by Crippen LogP contribution is -1.93. The van der Waals surface area contributed by atoms with Crippen molar-refractivity contribution < 1.29 is 4.74 Å². The maximum absolute atomic E-state index is 5.44. The van der Waals surface area contributed by atoms with Crippen LogP contribution in [0.2, 0.25) is 0 Å². The van der Waals surface area contributed by atoms with Gasteiger partial charge in [0.15, 0.2) is 0 Å². The lowest BCUT2D eigenvalue weighted by atomic mass is 10.1. The summed E-state index contributed by atoms with van der Waals surface area (Å²) in [6, 6.07) is 17.9. The SMILES string of the molecule is CCOc1ccc(C(=C\c2ccccc2)/N=C\N)cc1. The van der Waals surface area contributed by atoms with E-state index in [9.17, 15) is 0 Å². The van der Waals surface area contributed by atoms with Crippen LogP contribution in [0.5, 0.6) is 5.75 Å². The summed E-state index contributed by atoms with van der Waals surface area (Å²) in [5.74, 6) is 0.854. The Kier molecular flexibility index (Phi) is 4.95. The maximum Gasteiger partial charge on any atom is 0.119 e. The Morgan fingerprint density at radius 3 is 2.40 bits per heavy atom. The second-order valence-corrected chi connectivity index (χ2v) is 4.18. The van der Waals surface area contributed by atoms with Gasteiger partial charge in [0.2, 0.25) is 0 Å². The van der Waals surface area contributed by atoms with Crippen LogP contribution in [0, 0.1) is 0 Å². The van der Waals surface area contributed by atoms with Gasteiger partial charge in [-0.2, -0.15) is 0 Å². The first-order valence-corrected chi connectivity index (χ1v) is 6.57. The van der Waals surface area contributed by atoms with Gasteiger partial charge in [0, 0.05) is 5.56 Å². The number of aliphatic imine (C=N–C) groups is 1. The molecule has 0 aromatic heterocycles. The minimum atomic E-state index is 0.660. The molecule has 20 heavy (non-hydrogen) atoms. The summed E-state index contributed by atoms with van der Waals surface area (Å²) in [5.41, 5.74) is 8.35. The van der Waals surface area contributed by atoms with Crippen LogP contribution in [-0.2, 0) is 0 Å². The quantitative estimate of drug-likeness (QED) is 0.511. The zero-order valence-electron chi connectivity index (χ0n) is 11.5. The summed E-state index contributed by atoms with van der Waals surface area (Å²) in [4.78, 5) is 4.24. The highest BCUT2D eigenvalue weighted by Crippen LogP contribution is 2.22. The highest BCUT2D eigenvalue weighted by molar-refractivity contribution is 5.84. The molecule has 0 radical (unpaired) electrons. The third-order valence-electron chi connectivity index (χ3n) is 2.78. The molecule has 2 aromatic rings. The maximum atomic E-state index is 5.44. The van der Waals surface area contributed by atoms with Gasteiger partial charge in [-0.05, 0) is 42.8 Å². The van der Waals surface area contributed by atoms with Crippen molar-refractivity contribution in [3.05, 3.63) is 65.7 Å². The van der Waals surface area contributed by atoms with Crippen molar-refractivity contribution in [3.63, 3.8) is 0 Å². The second kappa shape index (κ2) is 7.14. The molecular weight excluding hydrogens is 248 g/mol. The monoisotopic (exact) mass is 266 g/mol. The lowest BCUT2D eigenvalue weighted by Gasteiger charge is -2.06. The fourth-order valence-electron chi connectivity index (χ4n) is 1.87. The molecule has 0 heterocycles. The van der Waals surface area contributed by atoms with Gasteiger partial charge in [-0.25, -0.2) is 4.99 Å². The lowest BCUT2D eigenvalue weighted by molar-refractivity contribution is 0.340. The number of nitrogens with two attached hydrogens (primary N) is 1. The molecule has 2 rings (SSSR count). The Balaban J connectivity index is 2.31. The third-order valence-corrected chi connectivity index (χ3v) is 2.78. The predicted molar refractivity (Wildman–Crippen MR) is 84.6 cm³/mol. The number of benzene rings is 2. The van der Waals surface area contributed by atoms with Gasteiger partial charge < -0.3 is 10.5 Å². The largest absolute Gasteiger partial charge is 0.494 e. The zero-order chi connectivity index (χ0) is 14.2. The van der Waals surface area contributed by atoms with Crippen LogP contribution in [0.4, 0.5) is 0 Å². The highest BCUT2D eigenvalue weighted by Gasteiger charge is 2.01. The Hall–Kier alpha value is -2.55. The first kappa shape index (κ1) is 13.9. The molecule has 0 fully saturated rings. The Morgan fingerprint density at radius 1 is 1.10 bits per heavy atom. The van der Waals surface area contributed by atoms with E-state index >= 15 is 0 Å². The predicted octanol–water partition coefficient (Wildman–Crippen LogP) is 3.57. The Morgan fingerprint density at radius 2 is 1.80 bits per heavy atom. The van der Waals surface area contributed by atoms with Crippen molar-refractivity contribution in [2.24, 2.45) is 10.7 Å². The minimum absolute atomic E-state index is 0.660. The van der Waals surface area contributed by atoms with E-state index in [1.54, 1.807) is 0 Å². The molecule has 2 N–H and O–H groups in total. The summed E-state index contributed by atoms with van der Waals surface area (Å²) in [6.07, 6.45) is 3.31. The molecule has 0 saturated heterocycles. The van der Waals surface area contributed by atoms with Gasteiger partial charge in [-0.3, -0.25) is 0 Å². The molecule has 0 bridgehead atoms. The van der Waals surface area contributed by atoms with E-state index in [1.807, 2.05) is 67.6 Å². The molecule has 0 atom stereocenters. The van der Waals surface area contributed by atoms with Crippen LogP contribution in [-0.4, -0.2) is 12.9 Å².